The molecule has 1 saturated heterocycles. The van der Waals surface area contributed by atoms with Crippen LogP contribution >= 0.6 is 11.8 Å². The smallest absolute Gasteiger partial charge is 0.240 e. The second-order valence-electron chi connectivity index (χ2n) is 6.77. The molecule has 0 aliphatic carbocycles. The van der Waals surface area contributed by atoms with E-state index in [1.807, 2.05) is 24.3 Å². The minimum Gasteiger partial charge on any atom is -0.497 e. The highest BCUT2D eigenvalue weighted by molar-refractivity contribution is 8.00. The molecular formula is C21H24N4O4S. The molecule has 0 saturated carbocycles. The fraction of sp³-hybridized carbons (Fsp3) is 0.286. The van der Waals surface area contributed by atoms with Crippen molar-refractivity contribution in [2.24, 2.45) is 0 Å². The fourth-order valence-electron chi connectivity index (χ4n) is 2.88. The Bertz CT molecular complexity index is 902. The number of carbonyl (C=O) groups is 3. The maximum absolute atomic E-state index is 12.4. The van der Waals surface area contributed by atoms with Gasteiger partial charge in [-0.1, -0.05) is 12.1 Å². The van der Waals surface area contributed by atoms with Gasteiger partial charge in [-0.15, -0.1) is 11.8 Å². The van der Waals surface area contributed by atoms with E-state index in [1.165, 1.54) is 18.7 Å². The lowest BCUT2D eigenvalue weighted by molar-refractivity contribution is -0.125. The monoisotopic (exact) mass is 428 g/mol. The molecular weight excluding hydrogens is 404 g/mol. The molecule has 158 valence electrons. The second-order valence-corrected chi connectivity index (χ2v) is 7.87. The average Bonchev–Trinajstić information content (AvgIpc) is 2.75. The summed E-state index contributed by atoms with van der Waals surface area (Å²) >= 11 is 1.26. The predicted octanol–water partition coefficient (Wildman–Crippen LogP) is 1.69. The van der Waals surface area contributed by atoms with E-state index in [9.17, 15) is 14.4 Å². The number of rotatable bonds is 8. The first-order valence-corrected chi connectivity index (χ1v) is 10.5. The van der Waals surface area contributed by atoms with Crippen LogP contribution in [0.5, 0.6) is 5.75 Å². The fourth-order valence-corrected chi connectivity index (χ4v) is 3.62. The first-order valence-electron chi connectivity index (χ1n) is 9.41. The molecule has 0 bridgehead atoms. The van der Waals surface area contributed by atoms with Gasteiger partial charge in [0.05, 0.1) is 12.9 Å². The summed E-state index contributed by atoms with van der Waals surface area (Å²) in [6.07, 6.45) is 0.525. The third-order valence-electron chi connectivity index (χ3n) is 4.53. The highest BCUT2D eigenvalue weighted by Gasteiger charge is 2.27. The summed E-state index contributed by atoms with van der Waals surface area (Å²) in [6.45, 7) is 1.49. The number of benzene rings is 2. The molecule has 0 radical (unpaired) electrons. The molecule has 3 rings (SSSR count). The number of hydrazine groups is 1. The number of methoxy groups -OCH3 is 1. The van der Waals surface area contributed by atoms with Gasteiger partial charge in [0.2, 0.25) is 11.8 Å². The summed E-state index contributed by atoms with van der Waals surface area (Å²) in [7, 11) is 1.61. The topological polar surface area (TPSA) is 109 Å². The first-order chi connectivity index (χ1) is 14.4. The van der Waals surface area contributed by atoms with Crippen LogP contribution in [0.2, 0.25) is 0 Å². The quantitative estimate of drug-likeness (QED) is 0.474. The number of hydrogen-bond acceptors (Lipinski definition) is 7. The van der Waals surface area contributed by atoms with Gasteiger partial charge in [0, 0.05) is 11.3 Å². The molecule has 0 spiro atoms. The largest absolute Gasteiger partial charge is 0.497 e. The van der Waals surface area contributed by atoms with Crippen molar-refractivity contribution in [3.63, 3.8) is 0 Å². The lowest BCUT2D eigenvalue weighted by atomic mass is 10.1. The molecule has 9 heteroatoms. The van der Waals surface area contributed by atoms with Gasteiger partial charge in [0.1, 0.15) is 17.3 Å². The van der Waals surface area contributed by atoms with E-state index in [4.69, 9.17) is 4.74 Å². The summed E-state index contributed by atoms with van der Waals surface area (Å²) < 4.78 is 5.14. The summed E-state index contributed by atoms with van der Waals surface area (Å²) in [4.78, 5) is 35.8. The number of ketones is 1. The van der Waals surface area contributed by atoms with Gasteiger partial charge < -0.3 is 15.4 Å². The molecule has 2 unspecified atom stereocenters. The number of carbonyl (C=O) groups excluding carboxylic acids is 3. The van der Waals surface area contributed by atoms with Gasteiger partial charge in [-0.25, -0.2) is 10.9 Å². The van der Waals surface area contributed by atoms with Crippen molar-refractivity contribution >= 4 is 35.0 Å². The Labute approximate surface area is 179 Å². The van der Waals surface area contributed by atoms with Crippen LogP contribution in [0.3, 0.4) is 0 Å². The van der Waals surface area contributed by atoms with Crippen LogP contribution in [0, 0.1) is 0 Å². The standard InChI is InChI=1S/C21H24N4O4S/c1-13(26)15-5-7-16(8-6-15)22-19(27)12-30-21-23-20(28)18(24-25-21)11-14-3-9-17(29-2)10-4-14/h3-10,18,21,24-25H,11-12H2,1-2H3,(H,22,27)(H,23,28). The maximum atomic E-state index is 12.4. The first kappa shape index (κ1) is 21.8. The van der Waals surface area contributed by atoms with E-state index in [-0.39, 0.29) is 23.4 Å². The van der Waals surface area contributed by atoms with E-state index in [2.05, 4.69) is 21.5 Å². The Kier molecular flexibility index (Phi) is 7.45. The van der Waals surface area contributed by atoms with Crippen molar-refractivity contribution in [2.45, 2.75) is 24.9 Å². The van der Waals surface area contributed by atoms with Crippen molar-refractivity contribution in [1.82, 2.24) is 16.2 Å². The minimum atomic E-state index is -0.421. The van der Waals surface area contributed by atoms with Gasteiger partial charge in [-0.2, -0.15) is 0 Å². The van der Waals surface area contributed by atoms with Gasteiger partial charge in [0.15, 0.2) is 5.78 Å². The third-order valence-corrected chi connectivity index (χ3v) is 5.53. The molecule has 2 aromatic rings. The Balaban J connectivity index is 1.42. The molecule has 2 atom stereocenters. The molecule has 2 amide bonds. The van der Waals surface area contributed by atoms with Crippen molar-refractivity contribution < 1.29 is 19.1 Å². The van der Waals surface area contributed by atoms with E-state index in [1.54, 1.807) is 31.4 Å². The molecule has 1 heterocycles. The molecule has 1 fully saturated rings. The van der Waals surface area contributed by atoms with Crippen molar-refractivity contribution in [2.75, 3.05) is 18.2 Å². The Morgan fingerprint density at radius 1 is 1.07 bits per heavy atom. The molecule has 1 aliphatic rings. The van der Waals surface area contributed by atoms with Crippen LogP contribution in [-0.4, -0.2) is 42.0 Å². The predicted molar refractivity (Wildman–Crippen MR) is 116 cm³/mol. The van der Waals surface area contributed by atoms with Crippen molar-refractivity contribution in [1.29, 1.82) is 0 Å². The summed E-state index contributed by atoms with van der Waals surface area (Å²) in [6, 6.07) is 13.8. The van der Waals surface area contributed by atoms with Crippen LogP contribution in [0.1, 0.15) is 22.8 Å². The summed E-state index contributed by atoms with van der Waals surface area (Å²) in [5.41, 5.74) is 7.82. The number of ether oxygens (including phenoxy) is 1. The SMILES string of the molecule is COc1ccc(CC2NNC(SCC(=O)Nc3ccc(C(C)=O)cc3)NC2=O)cc1. The lowest BCUT2D eigenvalue weighted by Crippen LogP contribution is -2.64. The highest BCUT2D eigenvalue weighted by atomic mass is 32.2. The van der Waals surface area contributed by atoms with Gasteiger partial charge in [-0.3, -0.25) is 14.4 Å². The van der Waals surface area contributed by atoms with Crippen LogP contribution in [0.25, 0.3) is 0 Å². The van der Waals surface area contributed by atoms with Crippen molar-refractivity contribution in [3.8, 4) is 5.75 Å². The van der Waals surface area contributed by atoms with Crippen LogP contribution < -0.4 is 26.2 Å². The molecule has 8 nitrogen and oxygen atoms in total. The molecule has 1 aliphatic heterocycles. The number of thioether (sulfide) groups is 1. The minimum absolute atomic E-state index is 0.0275. The van der Waals surface area contributed by atoms with Crippen LogP contribution in [-0.2, 0) is 16.0 Å². The number of hydrogen-bond donors (Lipinski definition) is 4. The molecule has 30 heavy (non-hydrogen) atoms. The lowest BCUT2D eigenvalue weighted by Gasteiger charge is -2.31. The number of anilines is 1. The van der Waals surface area contributed by atoms with Crippen molar-refractivity contribution in [3.05, 3.63) is 59.7 Å². The third kappa shape index (κ3) is 6.06. The zero-order chi connectivity index (χ0) is 21.5. The number of amides is 2. The Hall–Kier alpha value is -2.88. The van der Waals surface area contributed by atoms with E-state index >= 15 is 0 Å². The second kappa shape index (κ2) is 10.2. The highest BCUT2D eigenvalue weighted by Crippen LogP contribution is 2.15. The Morgan fingerprint density at radius 2 is 1.77 bits per heavy atom. The molecule has 4 N–H and O–H groups in total. The zero-order valence-electron chi connectivity index (χ0n) is 16.7. The van der Waals surface area contributed by atoms with Crippen LogP contribution in [0.4, 0.5) is 5.69 Å². The van der Waals surface area contributed by atoms with Gasteiger partial charge in [0.25, 0.3) is 0 Å². The summed E-state index contributed by atoms with van der Waals surface area (Å²) in [5, 5.41) is 5.62. The number of Topliss-reactive ketones (excluding diaryl/α,β-unsaturated/α-hetero) is 1. The van der Waals surface area contributed by atoms with Gasteiger partial charge >= 0.3 is 0 Å². The molecule has 0 aromatic heterocycles. The molecule has 2 aromatic carbocycles. The Morgan fingerprint density at radius 3 is 2.37 bits per heavy atom. The average molecular weight is 429 g/mol. The zero-order valence-corrected chi connectivity index (χ0v) is 17.5. The normalized spacial score (nSPS) is 18.4. The van der Waals surface area contributed by atoms with E-state index in [0.717, 1.165) is 11.3 Å². The van der Waals surface area contributed by atoms with Gasteiger partial charge in [-0.05, 0) is 55.3 Å². The van der Waals surface area contributed by atoms with E-state index < -0.39 is 11.5 Å². The summed E-state index contributed by atoms with van der Waals surface area (Å²) in [5.74, 6) is 0.550. The number of nitrogens with one attached hydrogen (secondary N) is 4. The maximum Gasteiger partial charge on any atom is 0.240 e. The van der Waals surface area contributed by atoms with Crippen LogP contribution in [0.15, 0.2) is 48.5 Å². The van der Waals surface area contributed by atoms with E-state index in [0.29, 0.717) is 17.7 Å².